The Balaban J connectivity index is 2.32. The topological polar surface area (TPSA) is 33.6 Å². The van der Waals surface area contributed by atoms with Gasteiger partial charge < -0.3 is 4.98 Å². The van der Waals surface area contributed by atoms with E-state index in [0.717, 1.165) is 26.9 Å². The fourth-order valence-electron chi connectivity index (χ4n) is 2.06. The van der Waals surface area contributed by atoms with E-state index >= 15 is 0 Å². The molecule has 0 amide bonds. The summed E-state index contributed by atoms with van der Waals surface area (Å²) in [5, 5.41) is 0. The van der Waals surface area contributed by atoms with Crippen LogP contribution in [0.3, 0.4) is 0 Å². The Bertz CT molecular complexity index is 832. The Hall–Kier alpha value is -1.46. The van der Waals surface area contributed by atoms with E-state index in [1.54, 1.807) is 0 Å². The van der Waals surface area contributed by atoms with Crippen LogP contribution >= 0.6 is 28.1 Å². The molecule has 96 valence electrons. The average molecular weight is 334 g/mol. The van der Waals surface area contributed by atoms with Gasteiger partial charge in [-0.3, -0.25) is 4.57 Å². The van der Waals surface area contributed by atoms with Gasteiger partial charge in [-0.25, -0.2) is 4.98 Å². The highest BCUT2D eigenvalue weighted by molar-refractivity contribution is 9.10. The minimum absolute atomic E-state index is 0.656. The zero-order valence-electron chi connectivity index (χ0n) is 10.6. The van der Waals surface area contributed by atoms with Gasteiger partial charge in [0.15, 0.2) is 10.4 Å². The van der Waals surface area contributed by atoms with Gasteiger partial charge in [-0.15, -0.1) is 0 Å². The van der Waals surface area contributed by atoms with Crippen LogP contribution in [-0.2, 0) is 0 Å². The molecule has 0 saturated heterocycles. The number of nitrogens with zero attached hydrogens (tertiary/aromatic N) is 2. The summed E-state index contributed by atoms with van der Waals surface area (Å²) in [4.78, 5) is 7.68. The molecule has 0 fully saturated rings. The number of aromatic amines is 1. The maximum absolute atomic E-state index is 5.41. The van der Waals surface area contributed by atoms with Crippen LogP contribution in [0.4, 0.5) is 0 Å². The van der Waals surface area contributed by atoms with E-state index in [2.05, 4.69) is 51.0 Å². The second kappa shape index (κ2) is 4.58. The van der Waals surface area contributed by atoms with Crippen molar-refractivity contribution in [2.75, 3.05) is 0 Å². The number of halogens is 1. The first kappa shape index (κ1) is 12.6. The number of fused-ring (bicyclic) bond motifs is 1. The molecule has 0 aliphatic rings. The third-order valence-corrected chi connectivity index (χ3v) is 4.21. The fourth-order valence-corrected chi connectivity index (χ4v) is 2.73. The summed E-state index contributed by atoms with van der Waals surface area (Å²) in [5.41, 5.74) is 5.12. The van der Waals surface area contributed by atoms with E-state index in [1.165, 1.54) is 5.56 Å². The van der Waals surface area contributed by atoms with Crippen LogP contribution < -0.4 is 0 Å². The summed E-state index contributed by atoms with van der Waals surface area (Å²) < 4.78 is 3.67. The number of imidazole rings is 1. The van der Waals surface area contributed by atoms with Crippen molar-refractivity contribution < 1.29 is 0 Å². The van der Waals surface area contributed by atoms with Crippen LogP contribution in [0.1, 0.15) is 11.1 Å². The third kappa shape index (κ3) is 2.13. The normalized spacial score (nSPS) is 11.1. The maximum atomic E-state index is 5.41. The summed E-state index contributed by atoms with van der Waals surface area (Å²) in [5.74, 6) is 0. The zero-order chi connectivity index (χ0) is 13.6. The molecule has 2 aromatic heterocycles. The molecular formula is C14H12BrN3S. The molecule has 2 heterocycles. The van der Waals surface area contributed by atoms with Gasteiger partial charge in [-0.05, 0) is 55.4 Å². The lowest BCUT2D eigenvalue weighted by Crippen LogP contribution is -1.96. The van der Waals surface area contributed by atoms with E-state index in [0.29, 0.717) is 4.77 Å². The second-order valence-corrected chi connectivity index (χ2v) is 5.82. The van der Waals surface area contributed by atoms with Crippen LogP contribution in [0.2, 0.25) is 0 Å². The van der Waals surface area contributed by atoms with Gasteiger partial charge in [-0.2, -0.15) is 0 Å². The molecule has 3 rings (SSSR count). The highest BCUT2D eigenvalue weighted by atomic mass is 79.9. The van der Waals surface area contributed by atoms with Gasteiger partial charge in [0, 0.05) is 10.7 Å². The number of H-pyrrole nitrogens is 1. The van der Waals surface area contributed by atoms with Crippen molar-refractivity contribution in [1.29, 1.82) is 0 Å². The molecule has 0 saturated carbocycles. The summed E-state index contributed by atoms with van der Waals surface area (Å²) in [6.45, 7) is 4.08. The molecule has 5 heteroatoms. The fraction of sp³-hybridized carbons (Fsp3) is 0.143. The van der Waals surface area contributed by atoms with Crippen molar-refractivity contribution in [2.45, 2.75) is 13.8 Å². The first-order chi connectivity index (χ1) is 9.06. The number of pyridine rings is 1. The van der Waals surface area contributed by atoms with E-state index < -0.39 is 0 Å². The van der Waals surface area contributed by atoms with Gasteiger partial charge in [-0.1, -0.05) is 22.0 Å². The van der Waals surface area contributed by atoms with E-state index in [-0.39, 0.29) is 0 Å². The minimum atomic E-state index is 0.656. The second-order valence-electron chi connectivity index (χ2n) is 4.58. The standard InChI is InChI=1S/C14H12BrN3S/c1-8-5-12-13(16-7-8)18(14(19)17-12)10-4-3-9(2)11(15)6-10/h3-7H,1-2H3,(H,17,19). The van der Waals surface area contributed by atoms with Crippen molar-refractivity contribution in [3.05, 3.63) is 50.8 Å². The lowest BCUT2D eigenvalue weighted by molar-refractivity contribution is 1.04. The largest absolute Gasteiger partial charge is 0.329 e. The molecule has 0 aliphatic heterocycles. The Labute approximate surface area is 124 Å². The predicted octanol–water partition coefficient (Wildman–Crippen LogP) is 4.46. The van der Waals surface area contributed by atoms with E-state index in [1.807, 2.05) is 23.8 Å². The van der Waals surface area contributed by atoms with Gasteiger partial charge in [0.25, 0.3) is 0 Å². The van der Waals surface area contributed by atoms with Crippen molar-refractivity contribution in [1.82, 2.24) is 14.5 Å². The molecule has 0 atom stereocenters. The highest BCUT2D eigenvalue weighted by Crippen LogP contribution is 2.23. The molecule has 0 bridgehead atoms. The summed E-state index contributed by atoms with van der Waals surface area (Å²) >= 11 is 8.96. The first-order valence-electron chi connectivity index (χ1n) is 5.90. The van der Waals surface area contributed by atoms with Crippen LogP contribution in [0, 0.1) is 18.6 Å². The van der Waals surface area contributed by atoms with Crippen LogP contribution in [0.15, 0.2) is 34.9 Å². The molecule has 0 radical (unpaired) electrons. The van der Waals surface area contributed by atoms with E-state index in [9.17, 15) is 0 Å². The number of hydrogen-bond acceptors (Lipinski definition) is 2. The van der Waals surface area contributed by atoms with E-state index in [4.69, 9.17) is 12.2 Å². The SMILES string of the molecule is Cc1cnc2c(c1)[nH]c(=S)n2-c1ccc(C)c(Br)c1. The molecule has 1 N–H and O–H groups in total. The Morgan fingerprint density at radius 2 is 2.05 bits per heavy atom. The summed E-state index contributed by atoms with van der Waals surface area (Å²) in [7, 11) is 0. The number of nitrogens with one attached hydrogen (secondary N) is 1. The lowest BCUT2D eigenvalue weighted by Gasteiger charge is -2.06. The maximum Gasteiger partial charge on any atom is 0.183 e. The number of benzene rings is 1. The van der Waals surface area contributed by atoms with Crippen LogP contribution in [0.5, 0.6) is 0 Å². The van der Waals surface area contributed by atoms with Crippen molar-refractivity contribution >= 4 is 39.3 Å². The Kier molecular flexibility index (Phi) is 3.03. The molecule has 3 nitrogen and oxygen atoms in total. The monoisotopic (exact) mass is 333 g/mol. The van der Waals surface area contributed by atoms with Gasteiger partial charge in [0.1, 0.15) is 0 Å². The molecule has 3 aromatic rings. The smallest absolute Gasteiger partial charge is 0.183 e. The zero-order valence-corrected chi connectivity index (χ0v) is 13.0. The van der Waals surface area contributed by atoms with Gasteiger partial charge in [0.05, 0.1) is 11.2 Å². The lowest BCUT2D eigenvalue weighted by atomic mass is 10.2. The molecule has 0 aliphatic carbocycles. The number of aromatic nitrogens is 3. The molecule has 1 aromatic carbocycles. The summed E-state index contributed by atoms with van der Waals surface area (Å²) in [6, 6.07) is 8.22. The van der Waals surface area contributed by atoms with Crippen molar-refractivity contribution in [3.63, 3.8) is 0 Å². The van der Waals surface area contributed by atoms with Crippen molar-refractivity contribution in [3.8, 4) is 5.69 Å². The molecule has 19 heavy (non-hydrogen) atoms. The third-order valence-electron chi connectivity index (χ3n) is 3.07. The molecule has 0 unspecified atom stereocenters. The summed E-state index contributed by atoms with van der Waals surface area (Å²) in [6.07, 6.45) is 1.85. The highest BCUT2D eigenvalue weighted by Gasteiger charge is 2.08. The van der Waals surface area contributed by atoms with Gasteiger partial charge in [0.2, 0.25) is 0 Å². The minimum Gasteiger partial charge on any atom is -0.329 e. The predicted molar refractivity (Wildman–Crippen MR) is 83.4 cm³/mol. The number of rotatable bonds is 1. The van der Waals surface area contributed by atoms with Crippen molar-refractivity contribution in [2.24, 2.45) is 0 Å². The number of aryl methyl sites for hydroxylation is 2. The Morgan fingerprint density at radius 1 is 1.26 bits per heavy atom. The molecule has 0 spiro atoms. The van der Waals surface area contributed by atoms with Crippen LogP contribution in [0.25, 0.3) is 16.9 Å². The average Bonchev–Trinajstić information content (AvgIpc) is 2.68. The van der Waals surface area contributed by atoms with Gasteiger partial charge >= 0.3 is 0 Å². The molecular weight excluding hydrogens is 322 g/mol. The van der Waals surface area contributed by atoms with Crippen LogP contribution in [-0.4, -0.2) is 14.5 Å². The quantitative estimate of drug-likeness (QED) is 0.667. The number of hydrogen-bond donors (Lipinski definition) is 1. The first-order valence-corrected chi connectivity index (χ1v) is 7.10. The Morgan fingerprint density at radius 3 is 2.79 bits per heavy atom.